The molecule has 4 heteroatoms. The molecule has 1 aromatic carbocycles. The zero-order valence-corrected chi connectivity index (χ0v) is 13.2. The summed E-state index contributed by atoms with van der Waals surface area (Å²) in [6, 6.07) is 10.4. The molecule has 0 aliphatic rings. The number of hydrogen-bond acceptors (Lipinski definition) is 2. The normalized spacial score (nSPS) is 11.8. The summed E-state index contributed by atoms with van der Waals surface area (Å²) in [7, 11) is 0. The molecule has 102 valence electrons. The highest BCUT2D eigenvalue weighted by Crippen LogP contribution is 2.12. The van der Waals surface area contributed by atoms with Crippen molar-refractivity contribution in [1.82, 2.24) is 15.1 Å². The van der Waals surface area contributed by atoms with Crippen molar-refractivity contribution in [3.63, 3.8) is 0 Å². The molecule has 0 saturated heterocycles. The van der Waals surface area contributed by atoms with E-state index in [1.807, 2.05) is 23.0 Å². The third-order valence-electron chi connectivity index (χ3n) is 2.73. The molecule has 19 heavy (non-hydrogen) atoms. The highest BCUT2D eigenvalue weighted by atomic mass is 79.9. The third-order valence-corrected chi connectivity index (χ3v) is 3.22. The first kappa shape index (κ1) is 14.3. The lowest BCUT2D eigenvalue weighted by atomic mass is 10.1. The molecule has 0 unspecified atom stereocenters. The predicted octanol–water partition coefficient (Wildman–Crippen LogP) is 3.58. The topological polar surface area (TPSA) is 29.9 Å². The fraction of sp³-hybridized carbons (Fsp3) is 0.400. The van der Waals surface area contributed by atoms with Crippen LogP contribution in [0, 0.1) is 0 Å². The lowest BCUT2D eigenvalue weighted by Gasteiger charge is -2.19. The smallest absolute Gasteiger partial charge is 0.0762 e. The second-order valence-electron chi connectivity index (χ2n) is 5.74. The molecule has 0 aliphatic heterocycles. The minimum atomic E-state index is 0.119. The zero-order chi connectivity index (χ0) is 13.9. The van der Waals surface area contributed by atoms with Crippen LogP contribution in [0.15, 0.2) is 41.0 Å². The second-order valence-corrected chi connectivity index (χ2v) is 6.65. The van der Waals surface area contributed by atoms with Crippen LogP contribution in [0.1, 0.15) is 32.0 Å². The summed E-state index contributed by atoms with van der Waals surface area (Å²) in [4.78, 5) is 0. The minimum absolute atomic E-state index is 0.119. The Morgan fingerprint density at radius 3 is 2.74 bits per heavy atom. The summed E-state index contributed by atoms with van der Waals surface area (Å²) in [5.41, 5.74) is 2.44. The van der Waals surface area contributed by atoms with Crippen LogP contribution in [0.3, 0.4) is 0 Å². The minimum Gasteiger partial charge on any atom is -0.306 e. The van der Waals surface area contributed by atoms with Crippen molar-refractivity contribution < 1.29 is 0 Å². The van der Waals surface area contributed by atoms with Gasteiger partial charge in [-0.15, -0.1) is 0 Å². The molecule has 1 heterocycles. The Morgan fingerprint density at radius 1 is 1.26 bits per heavy atom. The molecule has 0 amide bonds. The van der Waals surface area contributed by atoms with Crippen LogP contribution < -0.4 is 5.32 Å². The van der Waals surface area contributed by atoms with E-state index < -0.39 is 0 Å². The summed E-state index contributed by atoms with van der Waals surface area (Å²) >= 11 is 3.49. The maximum absolute atomic E-state index is 4.58. The highest BCUT2D eigenvalue weighted by molar-refractivity contribution is 9.10. The molecular formula is C15H20BrN3. The average Bonchev–Trinajstić information content (AvgIpc) is 2.73. The molecule has 0 radical (unpaired) electrons. The molecule has 0 bridgehead atoms. The summed E-state index contributed by atoms with van der Waals surface area (Å²) < 4.78 is 3.08. The van der Waals surface area contributed by atoms with Crippen molar-refractivity contribution in [3.8, 4) is 0 Å². The third kappa shape index (κ3) is 4.80. The van der Waals surface area contributed by atoms with Crippen molar-refractivity contribution in [2.45, 2.75) is 39.4 Å². The number of benzene rings is 1. The van der Waals surface area contributed by atoms with Crippen LogP contribution in [-0.2, 0) is 13.1 Å². The molecule has 0 saturated carbocycles. The Bertz CT molecular complexity index is 540. The Morgan fingerprint density at radius 2 is 2.05 bits per heavy atom. The van der Waals surface area contributed by atoms with Gasteiger partial charge in [-0.1, -0.05) is 28.1 Å². The lowest BCUT2D eigenvalue weighted by Crippen LogP contribution is -2.35. The van der Waals surface area contributed by atoms with Gasteiger partial charge in [-0.25, -0.2) is 0 Å². The summed E-state index contributed by atoms with van der Waals surface area (Å²) in [6.07, 6.45) is 2.03. The van der Waals surface area contributed by atoms with E-state index in [9.17, 15) is 0 Å². The van der Waals surface area contributed by atoms with E-state index in [1.165, 1.54) is 5.56 Å². The van der Waals surface area contributed by atoms with E-state index in [-0.39, 0.29) is 5.54 Å². The molecule has 0 fully saturated rings. The van der Waals surface area contributed by atoms with E-state index in [0.29, 0.717) is 0 Å². The summed E-state index contributed by atoms with van der Waals surface area (Å²) in [5.74, 6) is 0. The first-order chi connectivity index (χ1) is 8.92. The van der Waals surface area contributed by atoms with Crippen LogP contribution in [-0.4, -0.2) is 15.3 Å². The van der Waals surface area contributed by atoms with E-state index in [2.05, 4.69) is 65.3 Å². The Balaban J connectivity index is 1.97. The fourth-order valence-corrected chi connectivity index (χ4v) is 2.21. The summed E-state index contributed by atoms with van der Waals surface area (Å²) in [5, 5.41) is 8.02. The van der Waals surface area contributed by atoms with Gasteiger partial charge in [-0.3, -0.25) is 4.68 Å². The number of hydrogen-bond donors (Lipinski definition) is 1. The summed E-state index contributed by atoms with van der Waals surface area (Å²) in [6.45, 7) is 8.08. The van der Waals surface area contributed by atoms with Gasteiger partial charge in [-0.2, -0.15) is 5.10 Å². The van der Waals surface area contributed by atoms with Gasteiger partial charge < -0.3 is 5.32 Å². The number of rotatable bonds is 4. The Hall–Kier alpha value is -1.13. The van der Waals surface area contributed by atoms with Crippen molar-refractivity contribution in [2.75, 3.05) is 0 Å². The van der Waals surface area contributed by atoms with Gasteiger partial charge in [0.05, 0.1) is 12.2 Å². The lowest BCUT2D eigenvalue weighted by molar-refractivity contribution is 0.419. The zero-order valence-electron chi connectivity index (χ0n) is 11.7. The first-order valence-corrected chi connectivity index (χ1v) is 7.23. The predicted molar refractivity (Wildman–Crippen MR) is 82.1 cm³/mol. The van der Waals surface area contributed by atoms with E-state index in [0.717, 1.165) is 23.3 Å². The van der Waals surface area contributed by atoms with Crippen molar-refractivity contribution in [1.29, 1.82) is 0 Å². The molecule has 0 atom stereocenters. The van der Waals surface area contributed by atoms with Crippen LogP contribution >= 0.6 is 15.9 Å². The van der Waals surface area contributed by atoms with Gasteiger partial charge >= 0.3 is 0 Å². The van der Waals surface area contributed by atoms with Gasteiger partial charge in [-0.05, 0) is 44.5 Å². The number of nitrogens with one attached hydrogen (secondary N) is 1. The number of halogens is 1. The van der Waals surface area contributed by atoms with Crippen LogP contribution in [0.4, 0.5) is 0 Å². The first-order valence-electron chi connectivity index (χ1n) is 6.44. The molecule has 2 aromatic rings. The van der Waals surface area contributed by atoms with E-state index >= 15 is 0 Å². The number of nitrogens with zero attached hydrogens (tertiary/aromatic N) is 2. The van der Waals surface area contributed by atoms with Gasteiger partial charge in [0.2, 0.25) is 0 Å². The van der Waals surface area contributed by atoms with Crippen LogP contribution in [0.25, 0.3) is 0 Å². The maximum atomic E-state index is 4.58. The SMILES string of the molecule is CC(C)(C)NCc1ccn(Cc2cccc(Br)c2)n1. The van der Waals surface area contributed by atoms with Gasteiger partial charge in [0, 0.05) is 22.8 Å². The Labute approximate surface area is 123 Å². The molecule has 2 rings (SSSR count). The van der Waals surface area contributed by atoms with Crippen LogP contribution in [0.2, 0.25) is 0 Å². The van der Waals surface area contributed by atoms with E-state index in [1.54, 1.807) is 0 Å². The number of aromatic nitrogens is 2. The molecule has 0 spiro atoms. The molecule has 3 nitrogen and oxygen atoms in total. The van der Waals surface area contributed by atoms with Crippen LogP contribution in [0.5, 0.6) is 0 Å². The van der Waals surface area contributed by atoms with Gasteiger partial charge in [0.15, 0.2) is 0 Å². The van der Waals surface area contributed by atoms with Gasteiger partial charge in [0.25, 0.3) is 0 Å². The van der Waals surface area contributed by atoms with Crippen molar-refractivity contribution in [3.05, 3.63) is 52.3 Å². The van der Waals surface area contributed by atoms with Crippen molar-refractivity contribution >= 4 is 15.9 Å². The average molecular weight is 322 g/mol. The van der Waals surface area contributed by atoms with Gasteiger partial charge in [0.1, 0.15) is 0 Å². The molecular weight excluding hydrogens is 302 g/mol. The molecule has 1 N–H and O–H groups in total. The highest BCUT2D eigenvalue weighted by Gasteiger charge is 2.09. The largest absolute Gasteiger partial charge is 0.306 e. The molecule has 0 aliphatic carbocycles. The van der Waals surface area contributed by atoms with E-state index in [4.69, 9.17) is 0 Å². The maximum Gasteiger partial charge on any atom is 0.0762 e. The Kier molecular flexibility index (Phi) is 4.42. The van der Waals surface area contributed by atoms with Crippen molar-refractivity contribution in [2.24, 2.45) is 0 Å². The standard InChI is InChI=1S/C15H20BrN3/c1-15(2,3)17-10-14-7-8-19(18-14)11-12-5-4-6-13(16)9-12/h4-9,17H,10-11H2,1-3H3. The fourth-order valence-electron chi connectivity index (χ4n) is 1.76. The second kappa shape index (κ2) is 5.88. The monoisotopic (exact) mass is 321 g/mol. The molecule has 1 aromatic heterocycles. The quantitative estimate of drug-likeness (QED) is 0.932.